The summed E-state index contributed by atoms with van der Waals surface area (Å²) in [4.78, 5) is 3.12. The van der Waals surface area contributed by atoms with Gasteiger partial charge >= 0.3 is 12.9 Å². The normalized spacial score (nSPS) is 10.1. The van der Waals surface area contributed by atoms with E-state index >= 15 is 0 Å². The number of halogens is 6. The minimum atomic E-state index is -6.00. The zero-order chi connectivity index (χ0) is 12.9. The number of benzene rings is 1. The van der Waals surface area contributed by atoms with E-state index in [0.717, 1.165) is 14.5 Å². The first kappa shape index (κ1) is 15.4. The van der Waals surface area contributed by atoms with E-state index in [1.165, 1.54) is 0 Å². The molecule has 0 saturated heterocycles. The van der Waals surface area contributed by atoms with Crippen LogP contribution in [0.1, 0.15) is 5.56 Å². The SMILES string of the molecule is Cc1cc(Br)c([N+]#N)c(Br)c1.F[B-](F)(F)F. The van der Waals surface area contributed by atoms with Crippen LogP contribution in [0.4, 0.5) is 23.0 Å². The van der Waals surface area contributed by atoms with E-state index in [1.54, 1.807) is 0 Å². The van der Waals surface area contributed by atoms with Crippen molar-refractivity contribution >= 4 is 44.8 Å². The Morgan fingerprint density at radius 2 is 1.44 bits per heavy atom. The molecule has 0 aromatic heterocycles. The highest BCUT2D eigenvalue weighted by molar-refractivity contribution is 9.11. The second-order valence-corrected chi connectivity index (χ2v) is 4.38. The molecule has 9 heteroatoms. The highest BCUT2D eigenvalue weighted by Gasteiger charge is 2.20. The van der Waals surface area contributed by atoms with Crippen molar-refractivity contribution in [1.29, 1.82) is 5.39 Å². The number of hydrogen-bond acceptors (Lipinski definition) is 1. The summed E-state index contributed by atoms with van der Waals surface area (Å²) in [5.41, 5.74) is 1.63. The van der Waals surface area contributed by atoms with Gasteiger partial charge in [0.25, 0.3) is 0 Å². The molecule has 88 valence electrons. The van der Waals surface area contributed by atoms with Gasteiger partial charge in [0.05, 0.1) is 0 Å². The molecule has 2 nitrogen and oxygen atoms in total. The summed E-state index contributed by atoms with van der Waals surface area (Å²) in [6, 6.07) is 3.78. The van der Waals surface area contributed by atoms with Gasteiger partial charge < -0.3 is 17.3 Å². The van der Waals surface area contributed by atoms with Gasteiger partial charge in [-0.05, 0) is 56.5 Å². The van der Waals surface area contributed by atoms with Gasteiger partial charge in [-0.15, -0.1) is 0 Å². The fourth-order valence-corrected chi connectivity index (χ4v) is 2.36. The minimum absolute atomic E-state index is 0.524. The number of nitrogens with zero attached hydrogens (tertiary/aromatic N) is 2. The third kappa shape index (κ3) is 6.79. The van der Waals surface area contributed by atoms with Crippen LogP contribution in [0.2, 0.25) is 0 Å². The van der Waals surface area contributed by atoms with Gasteiger partial charge in [-0.1, -0.05) is 0 Å². The fraction of sp³-hybridized carbons (Fsp3) is 0.143. The summed E-state index contributed by atoms with van der Waals surface area (Å²) < 4.78 is 40.6. The molecule has 0 atom stereocenters. The van der Waals surface area contributed by atoms with Crippen molar-refractivity contribution in [3.63, 3.8) is 0 Å². The van der Waals surface area contributed by atoms with Crippen molar-refractivity contribution < 1.29 is 17.3 Å². The lowest BCUT2D eigenvalue weighted by atomic mass is 10.2. The molecule has 0 N–H and O–H groups in total. The smallest absolute Gasteiger partial charge is 0.418 e. The van der Waals surface area contributed by atoms with Crippen LogP contribution < -0.4 is 0 Å². The van der Waals surface area contributed by atoms with E-state index in [9.17, 15) is 17.3 Å². The van der Waals surface area contributed by atoms with Crippen LogP contribution in [0.3, 0.4) is 0 Å². The topological polar surface area (TPSA) is 28.1 Å². The zero-order valence-electron chi connectivity index (χ0n) is 7.89. The first-order valence-corrected chi connectivity index (χ1v) is 5.42. The molecule has 0 unspecified atom stereocenters. The maximum atomic E-state index is 9.75. The van der Waals surface area contributed by atoms with Gasteiger partial charge in [0.2, 0.25) is 5.39 Å². The molecule has 0 aliphatic heterocycles. The van der Waals surface area contributed by atoms with Crippen LogP contribution in [0, 0.1) is 12.3 Å². The van der Waals surface area contributed by atoms with E-state index in [4.69, 9.17) is 5.39 Å². The Morgan fingerprint density at radius 1 is 1.12 bits per heavy atom. The van der Waals surface area contributed by atoms with E-state index in [-0.39, 0.29) is 0 Å². The largest absolute Gasteiger partial charge is 0.673 e. The predicted molar refractivity (Wildman–Crippen MR) is 61.5 cm³/mol. The van der Waals surface area contributed by atoms with Crippen molar-refractivity contribution in [3.05, 3.63) is 31.6 Å². The second kappa shape index (κ2) is 6.20. The van der Waals surface area contributed by atoms with Gasteiger partial charge in [-0.25, -0.2) is 0 Å². The first-order valence-electron chi connectivity index (χ1n) is 3.83. The number of diazo groups is 1. The van der Waals surface area contributed by atoms with Crippen LogP contribution in [0.25, 0.3) is 4.98 Å². The quantitative estimate of drug-likeness (QED) is 0.349. The monoisotopic (exact) mass is 362 g/mol. The Kier molecular flexibility index (Phi) is 5.96. The third-order valence-electron chi connectivity index (χ3n) is 1.26. The standard InChI is InChI=1S/C7H5Br2N2.BF4/c1-4-2-5(8)7(11-10)6(9)3-4;2-1(3,4)5/h2-3H,1H3;/q+1;-1. The van der Waals surface area contributed by atoms with E-state index in [2.05, 4.69) is 36.8 Å². The van der Waals surface area contributed by atoms with Gasteiger partial charge in [0.1, 0.15) is 8.95 Å². The molecule has 0 heterocycles. The van der Waals surface area contributed by atoms with Crippen LogP contribution in [-0.2, 0) is 0 Å². The summed E-state index contributed by atoms with van der Waals surface area (Å²) in [5, 5.41) is 8.56. The lowest BCUT2D eigenvalue weighted by Crippen LogP contribution is -2.02. The molecule has 0 saturated carbocycles. The van der Waals surface area contributed by atoms with Crippen LogP contribution in [-0.4, -0.2) is 7.25 Å². The summed E-state index contributed by atoms with van der Waals surface area (Å²) in [6.45, 7) is 1.97. The molecule has 0 aliphatic rings. The van der Waals surface area contributed by atoms with E-state index in [1.807, 2.05) is 19.1 Å². The van der Waals surface area contributed by atoms with Crippen molar-refractivity contribution in [2.75, 3.05) is 0 Å². The van der Waals surface area contributed by atoms with Gasteiger partial charge in [-0.2, -0.15) is 0 Å². The molecule has 0 aliphatic carbocycles. The molecule has 0 fully saturated rings. The molecule has 1 aromatic rings. The van der Waals surface area contributed by atoms with E-state index < -0.39 is 7.25 Å². The Balaban J connectivity index is 0.000000385. The molecule has 1 aromatic carbocycles. The summed E-state index contributed by atoms with van der Waals surface area (Å²) in [5.74, 6) is 0. The molecule has 16 heavy (non-hydrogen) atoms. The lowest BCUT2D eigenvalue weighted by Gasteiger charge is -1.94. The molecular formula is C7H5BBr2F4N2. The average Bonchev–Trinajstić information content (AvgIpc) is 1.99. The summed E-state index contributed by atoms with van der Waals surface area (Å²) in [7, 11) is -6.00. The lowest BCUT2D eigenvalue weighted by molar-refractivity contribution is 0.368. The second-order valence-electron chi connectivity index (χ2n) is 2.67. The van der Waals surface area contributed by atoms with Crippen molar-refractivity contribution in [2.24, 2.45) is 0 Å². The van der Waals surface area contributed by atoms with Crippen LogP contribution >= 0.6 is 31.9 Å². The maximum absolute atomic E-state index is 9.75. The van der Waals surface area contributed by atoms with Crippen LogP contribution in [0.5, 0.6) is 0 Å². The molecule has 0 amide bonds. The van der Waals surface area contributed by atoms with E-state index in [0.29, 0.717) is 5.69 Å². The molecule has 0 radical (unpaired) electrons. The Labute approximate surface area is 106 Å². The molecular weight excluding hydrogens is 359 g/mol. The highest BCUT2D eigenvalue weighted by atomic mass is 79.9. The Morgan fingerprint density at radius 3 is 1.69 bits per heavy atom. The minimum Gasteiger partial charge on any atom is -0.418 e. The van der Waals surface area contributed by atoms with Gasteiger partial charge in [-0.3, -0.25) is 0 Å². The van der Waals surface area contributed by atoms with Gasteiger partial charge in [0.15, 0.2) is 4.98 Å². The number of aryl methyl sites for hydroxylation is 1. The maximum Gasteiger partial charge on any atom is 0.673 e. The first-order chi connectivity index (χ1) is 7.15. The third-order valence-corrected chi connectivity index (χ3v) is 2.47. The van der Waals surface area contributed by atoms with Crippen molar-refractivity contribution in [2.45, 2.75) is 6.92 Å². The predicted octanol–water partition coefficient (Wildman–Crippen LogP) is 5.30. The Bertz CT molecular complexity index is 387. The molecule has 0 bridgehead atoms. The Hall–Kier alpha value is -0.615. The summed E-state index contributed by atoms with van der Waals surface area (Å²) >= 11 is 6.55. The van der Waals surface area contributed by atoms with Crippen LogP contribution in [0.15, 0.2) is 21.1 Å². The zero-order valence-corrected chi connectivity index (χ0v) is 11.1. The number of hydrogen-bond donors (Lipinski definition) is 0. The fourth-order valence-electron chi connectivity index (χ4n) is 0.788. The molecule has 1 rings (SSSR count). The van der Waals surface area contributed by atoms with Gasteiger partial charge in [0, 0.05) is 0 Å². The summed E-state index contributed by atoms with van der Waals surface area (Å²) in [6.07, 6.45) is 0. The van der Waals surface area contributed by atoms with Crippen molar-refractivity contribution in [1.82, 2.24) is 0 Å². The van der Waals surface area contributed by atoms with Crippen molar-refractivity contribution in [3.8, 4) is 0 Å². The number of rotatable bonds is 0. The molecule has 0 spiro atoms. The average molecular weight is 364 g/mol. The highest BCUT2D eigenvalue weighted by Crippen LogP contribution is 2.34.